The summed E-state index contributed by atoms with van der Waals surface area (Å²) in [5.74, 6) is -0.542. The standard InChI is InChI=1S/C4H9F2NO3S/c5-4(6)3-7-11(9,10)2-1-8/h4,7-8H,1-3H2. The van der Waals surface area contributed by atoms with Crippen molar-refractivity contribution in [1.29, 1.82) is 0 Å². The first-order valence-electron chi connectivity index (χ1n) is 2.84. The minimum absolute atomic E-state index is 0.542. The number of alkyl halides is 2. The Bertz CT molecular complexity index is 192. The average Bonchev–Trinajstić information content (AvgIpc) is 1.84. The van der Waals surface area contributed by atoms with E-state index >= 15 is 0 Å². The van der Waals surface area contributed by atoms with Crippen LogP contribution in [0.3, 0.4) is 0 Å². The zero-order chi connectivity index (χ0) is 8.91. The fourth-order valence-corrected chi connectivity index (χ4v) is 1.15. The van der Waals surface area contributed by atoms with E-state index in [-0.39, 0.29) is 0 Å². The average molecular weight is 189 g/mol. The van der Waals surface area contributed by atoms with Crippen molar-refractivity contribution < 1.29 is 22.3 Å². The van der Waals surface area contributed by atoms with Crippen molar-refractivity contribution in [3.05, 3.63) is 0 Å². The van der Waals surface area contributed by atoms with E-state index in [1.165, 1.54) is 0 Å². The van der Waals surface area contributed by atoms with Gasteiger partial charge in [-0.2, -0.15) is 0 Å². The summed E-state index contributed by atoms with van der Waals surface area (Å²) in [6, 6.07) is 0. The highest BCUT2D eigenvalue weighted by atomic mass is 32.2. The van der Waals surface area contributed by atoms with Crippen LogP contribution in [0.25, 0.3) is 0 Å². The van der Waals surface area contributed by atoms with Crippen molar-refractivity contribution in [3.8, 4) is 0 Å². The van der Waals surface area contributed by atoms with Crippen LogP contribution >= 0.6 is 0 Å². The second-order valence-electron chi connectivity index (χ2n) is 1.78. The van der Waals surface area contributed by atoms with Crippen molar-refractivity contribution in [1.82, 2.24) is 4.72 Å². The van der Waals surface area contributed by atoms with Crippen LogP contribution in [0.1, 0.15) is 0 Å². The molecule has 0 aliphatic rings. The van der Waals surface area contributed by atoms with E-state index in [1.807, 2.05) is 0 Å². The summed E-state index contributed by atoms with van der Waals surface area (Å²) in [7, 11) is -3.71. The highest BCUT2D eigenvalue weighted by Gasteiger charge is 2.11. The predicted octanol–water partition coefficient (Wildman–Crippen LogP) is -0.837. The topological polar surface area (TPSA) is 66.4 Å². The molecule has 0 saturated carbocycles. The Labute approximate surface area is 63.3 Å². The molecule has 4 nitrogen and oxygen atoms in total. The molecule has 0 rings (SSSR count). The molecule has 7 heteroatoms. The summed E-state index contributed by atoms with van der Waals surface area (Å²) in [5, 5.41) is 8.16. The lowest BCUT2D eigenvalue weighted by atomic mass is 10.7. The molecule has 68 valence electrons. The maximum atomic E-state index is 11.4. The fraction of sp³-hybridized carbons (Fsp3) is 1.00. The van der Waals surface area contributed by atoms with Crippen LogP contribution in [-0.4, -0.2) is 38.9 Å². The molecule has 0 fully saturated rings. The van der Waals surface area contributed by atoms with Crippen LogP contribution in [-0.2, 0) is 10.0 Å². The molecule has 0 aliphatic carbocycles. The van der Waals surface area contributed by atoms with Gasteiger partial charge in [-0.15, -0.1) is 0 Å². The molecule has 0 aliphatic heterocycles. The van der Waals surface area contributed by atoms with Gasteiger partial charge in [0.05, 0.1) is 18.9 Å². The van der Waals surface area contributed by atoms with Crippen LogP contribution in [0, 0.1) is 0 Å². The van der Waals surface area contributed by atoms with Gasteiger partial charge in [0.2, 0.25) is 10.0 Å². The van der Waals surface area contributed by atoms with E-state index in [2.05, 4.69) is 0 Å². The van der Waals surface area contributed by atoms with Crippen LogP contribution < -0.4 is 4.72 Å². The maximum absolute atomic E-state index is 11.4. The number of aliphatic hydroxyl groups excluding tert-OH is 1. The SMILES string of the molecule is O=S(=O)(CCO)NCC(F)F. The molecule has 0 atom stereocenters. The van der Waals surface area contributed by atoms with Crippen LogP contribution in [0.4, 0.5) is 8.78 Å². The minimum atomic E-state index is -3.71. The minimum Gasteiger partial charge on any atom is -0.395 e. The lowest BCUT2D eigenvalue weighted by molar-refractivity contribution is 0.153. The first kappa shape index (κ1) is 10.7. The zero-order valence-corrected chi connectivity index (χ0v) is 6.44. The normalized spacial score (nSPS) is 12.4. The van der Waals surface area contributed by atoms with Crippen LogP contribution in [0.5, 0.6) is 0 Å². The molecule has 0 unspecified atom stereocenters. The molecular formula is C4H9F2NO3S. The van der Waals surface area contributed by atoms with Crippen molar-refractivity contribution in [2.45, 2.75) is 6.43 Å². The molecule has 0 aromatic heterocycles. The molecular weight excluding hydrogens is 180 g/mol. The zero-order valence-electron chi connectivity index (χ0n) is 5.63. The Morgan fingerprint density at radius 3 is 2.36 bits per heavy atom. The third-order valence-corrected chi connectivity index (χ3v) is 2.14. The first-order valence-corrected chi connectivity index (χ1v) is 4.49. The number of hydrogen-bond donors (Lipinski definition) is 2. The number of sulfonamides is 1. The van der Waals surface area contributed by atoms with Gasteiger partial charge >= 0.3 is 0 Å². The molecule has 0 radical (unpaired) electrons. The van der Waals surface area contributed by atoms with Crippen molar-refractivity contribution in [2.24, 2.45) is 0 Å². The summed E-state index contributed by atoms with van der Waals surface area (Å²) in [6.45, 7) is -1.47. The number of aliphatic hydroxyl groups is 1. The molecule has 0 aromatic carbocycles. The van der Waals surface area contributed by atoms with Gasteiger partial charge in [-0.3, -0.25) is 0 Å². The number of hydrogen-bond acceptors (Lipinski definition) is 3. The lowest BCUT2D eigenvalue weighted by Crippen LogP contribution is -2.31. The van der Waals surface area contributed by atoms with E-state index in [0.717, 1.165) is 0 Å². The Morgan fingerprint density at radius 1 is 1.45 bits per heavy atom. The van der Waals surface area contributed by atoms with E-state index in [9.17, 15) is 17.2 Å². The van der Waals surface area contributed by atoms with Gasteiger partial charge in [-0.1, -0.05) is 0 Å². The highest BCUT2D eigenvalue weighted by Crippen LogP contribution is 1.90. The summed E-state index contributed by atoms with van der Waals surface area (Å²) < 4.78 is 45.5. The number of rotatable bonds is 5. The molecule has 0 amide bonds. The molecule has 0 heterocycles. The number of nitrogens with one attached hydrogen (secondary N) is 1. The second-order valence-corrected chi connectivity index (χ2v) is 3.71. The van der Waals surface area contributed by atoms with Gasteiger partial charge in [0.1, 0.15) is 0 Å². The van der Waals surface area contributed by atoms with Gasteiger partial charge in [0.15, 0.2) is 0 Å². The summed E-state index contributed by atoms with van der Waals surface area (Å²) in [4.78, 5) is 0. The van der Waals surface area contributed by atoms with Crippen molar-refractivity contribution in [2.75, 3.05) is 18.9 Å². The van der Waals surface area contributed by atoms with E-state index < -0.39 is 35.4 Å². The Balaban J connectivity index is 3.74. The largest absolute Gasteiger partial charge is 0.395 e. The van der Waals surface area contributed by atoms with E-state index in [0.29, 0.717) is 0 Å². The maximum Gasteiger partial charge on any atom is 0.251 e. The lowest BCUT2D eigenvalue weighted by Gasteiger charge is -2.02. The van der Waals surface area contributed by atoms with Gasteiger partial charge in [0.25, 0.3) is 6.43 Å². The van der Waals surface area contributed by atoms with Gasteiger partial charge < -0.3 is 5.11 Å². The van der Waals surface area contributed by atoms with Gasteiger partial charge in [0, 0.05) is 0 Å². The highest BCUT2D eigenvalue weighted by molar-refractivity contribution is 7.89. The van der Waals surface area contributed by atoms with E-state index in [4.69, 9.17) is 5.11 Å². The predicted molar refractivity (Wildman–Crippen MR) is 34.9 cm³/mol. The quantitative estimate of drug-likeness (QED) is 0.592. The Hall–Kier alpha value is -0.270. The van der Waals surface area contributed by atoms with Crippen molar-refractivity contribution in [3.63, 3.8) is 0 Å². The Kier molecular flexibility index (Phi) is 4.46. The third-order valence-electron chi connectivity index (χ3n) is 0.818. The monoisotopic (exact) mass is 189 g/mol. The molecule has 0 bridgehead atoms. The number of halogens is 2. The van der Waals surface area contributed by atoms with Crippen molar-refractivity contribution >= 4 is 10.0 Å². The van der Waals surface area contributed by atoms with E-state index in [1.54, 1.807) is 4.72 Å². The summed E-state index contributed by atoms with van der Waals surface area (Å²) in [5.41, 5.74) is 0. The third kappa shape index (κ3) is 6.14. The van der Waals surface area contributed by atoms with Gasteiger partial charge in [-0.05, 0) is 0 Å². The van der Waals surface area contributed by atoms with Gasteiger partial charge in [-0.25, -0.2) is 21.9 Å². The summed E-state index contributed by atoms with van der Waals surface area (Å²) >= 11 is 0. The molecule has 0 saturated heterocycles. The fourth-order valence-electron chi connectivity index (χ4n) is 0.382. The second kappa shape index (κ2) is 4.58. The molecule has 11 heavy (non-hydrogen) atoms. The molecule has 0 spiro atoms. The summed E-state index contributed by atoms with van der Waals surface area (Å²) in [6.07, 6.45) is -2.71. The smallest absolute Gasteiger partial charge is 0.251 e. The molecule has 2 N–H and O–H groups in total. The van der Waals surface area contributed by atoms with Crippen LogP contribution in [0.15, 0.2) is 0 Å². The Morgan fingerprint density at radius 2 is 2.00 bits per heavy atom. The van der Waals surface area contributed by atoms with Crippen LogP contribution in [0.2, 0.25) is 0 Å². The molecule has 0 aromatic rings. The first-order chi connectivity index (χ1) is 4.98.